The highest BCUT2D eigenvalue weighted by Crippen LogP contribution is 2.37. The van der Waals surface area contributed by atoms with Crippen LogP contribution in [-0.4, -0.2) is 46.5 Å². The first-order valence-electron chi connectivity index (χ1n) is 8.99. The highest BCUT2D eigenvalue weighted by molar-refractivity contribution is 6.01. The molecule has 1 atom stereocenters. The van der Waals surface area contributed by atoms with Gasteiger partial charge in [0.15, 0.2) is 17.2 Å². The van der Waals surface area contributed by atoms with Crippen LogP contribution in [0.25, 0.3) is 0 Å². The largest absolute Gasteiger partial charge is 0.491 e. The van der Waals surface area contributed by atoms with Crippen LogP contribution in [0.5, 0.6) is 5.75 Å². The zero-order chi connectivity index (χ0) is 20.0. The quantitative estimate of drug-likeness (QED) is 0.783. The third-order valence-corrected chi connectivity index (χ3v) is 5.38. The number of carbonyl (C=O) groups excluding carboxylic acids is 2. The lowest BCUT2D eigenvalue weighted by Crippen LogP contribution is -2.44. The molecule has 1 aromatic carbocycles. The number of ketones is 1. The molecule has 0 saturated carbocycles. The Morgan fingerprint density at radius 1 is 1.29 bits per heavy atom. The van der Waals surface area contributed by atoms with Crippen LogP contribution in [0.1, 0.15) is 44.6 Å². The van der Waals surface area contributed by atoms with E-state index >= 15 is 0 Å². The van der Waals surface area contributed by atoms with E-state index in [4.69, 9.17) is 4.74 Å². The molecule has 3 heterocycles. The number of nitrogens with zero attached hydrogens (tertiary/aromatic N) is 2. The molecule has 0 fully saturated rings. The van der Waals surface area contributed by atoms with Crippen LogP contribution in [0.4, 0.5) is 4.39 Å². The molecule has 1 N–H and O–H groups in total. The summed E-state index contributed by atoms with van der Waals surface area (Å²) in [6.45, 7) is -0.0886. The lowest BCUT2D eigenvalue weighted by atomic mass is 10.0. The van der Waals surface area contributed by atoms with Crippen molar-refractivity contribution in [1.82, 2.24) is 9.47 Å². The number of Topliss-reactive ketones (excluding diaryl/α,β-unsaturated/α-hetero) is 1. The summed E-state index contributed by atoms with van der Waals surface area (Å²) < 4.78 is 20.1. The van der Waals surface area contributed by atoms with E-state index in [0.29, 0.717) is 25.1 Å². The fourth-order valence-electron chi connectivity index (χ4n) is 4.16. The second-order valence-electron chi connectivity index (χ2n) is 6.99. The number of aliphatic hydroxyl groups excluding tert-OH is 1. The van der Waals surface area contributed by atoms with E-state index in [1.54, 1.807) is 21.6 Å². The third kappa shape index (κ3) is 2.72. The first kappa shape index (κ1) is 18.4. The Bertz CT molecular complexity index is 1030. The van der Waals surface area contributed by atoms with E-state index in [1.165, 1.54) is 19.2 Å². The first-order chi connectivity index (χ1) is 13.5. The summed E-state index contributed by atoms with van der Waals surface area (Å²) in [5.74, 6) is -1.58. The van der Waals surface area contributed by atoms with E-state index < -0.39 is 17.8 Å². The number of hydrogen-bond acceptors (Lipinski definition) is 5. The highest BCUT2D eigenvalue weighted by atomic mass is 19.1. The summed E-state index contributed by atoms with van der Waals surface area (Å²) in [5, 5.41) is 9.25. The van der Waals surface area contributed by atoms with Crippen LogP contribution in [-0.2, 0) is 13.0 Å². The molecule has 7 nitrogen and oxygen atoms in total. The van der Waals surface area contributed by atoms with Crippen LogP contribution in [0.3, 0.4) is 0 Å². The Morgan fingerprint density at radius 2 is 2.00 bits per heavy atom. The van der Waals surface area contributed by atoms with Gasteiger partial charge in [-0.15, -0.1) is 0 Å². The molecule has 1 amide bonds. The number of hydrogen-bond donors (Lipinski definition) is 1. The maximum Gasteiger partial charge on any atom is 0.274 e. The number of amides is 1. The minimum absolute atomic E-state index is 0.0922. The van der Waals surface area contributed by atoms with Gasteiger partial charge in [-0.25, -0.2) is 4.39 Å². The summed E-state index contributed by atoms with van der Waals surface area (Å²) in [7, 11) is 1.28. The molecule has 0 bridgehead atoms. The van der Waals surface area contributed by atoms with Crippen molar-refractivity contribution in [2.75, 3.05) is 20.3 Å². The Kier molecular flexibility index (Phi) is 4.50. The van der Waals surface area contributed by atoms with Gasteiger partial charge < -0.3 is 19.3 Å². The van der Waals surface area contributed by atoms with Crippen LogP contribution in [0.2, 0.25) is 0 Å². The summed E-state index contributed by atoms with van der Waals surface area (Å²) in [6.07, 6.45) is 1.13. The minimum atomic E-state index is -0.778. The van der Waals surface area contributed by atoms with Crippen molar-refractivity contribution < 1.29 is 23.8 Å². The normalized spacial score (nSPS) is 17.6. The number of benzene rings is 1. The molecule has 0 radical (unpaired) electrons. The SMILES string of the molecule is COc1c2n3c(c(C(=O)CO)c1=O)CCC3CN(Cc1ccc(F)cc1)C2=O. The number of methoxy groups -OCH3 is 1. The molecule has 0 spiro atoms. The van der Waals surface area contributed by atoms with Crippen molar-refractivity contribution in [2.45, 2.75) is 25.4 Å². The molecule has 4 rings (SSSR count). The van der Waals surface area contributed by atoms with Crippen LogP contribution in [0, 0.1) is 5.82 Å². The van der Waals surface area contributed by atoms with Crippen LogP contribution in [0.15, 0.2) is 29.1 Å². The van der Waals surface area contributed by atoms with Gasteiger partial charge in [0.25, 0.3) is 5.91 Å². The Hall–Kier alpha value is -3.00. The first-order valence-corrected chi connectivity index (χ1v) is 8.99. The molecular formula is C20H19FN2O5. The molecule has 1 aromatic heterocycles. The van der Waals surface area contributed by atoms with Crippen LogP contribution < -0.4 is 10.2 Å². The predicted octanol–water partition coefficient (Wildman–Crippen LogP) is 1.31. The average Bonchev–Trinajstić information content (AvgIpc) is 3.10. The summed E-state index contributed by atoms with van der Waals surface area (Å²) in [6, 6.07) is 5.81. The van der Waals surface area contributed by atoms with Crippen molar-refractivity contribution >= 4 is 11.7 Å². The number of rotatable bonds is 5. The van der Waals surface area contributed by atoms with Gasteiger partial charge in [-0.3, -0.25) is 14.4 Å². The molecule has 0 saturated heterocycles. The van der Waals surface area contributed by atoms with Gasteiger partial charge in [-0.05, 0) is 30.5 Å². The van der Waals surface area contributed by atoms with Gasteiger partial charge in [0.2, 0.25) is 5.43 Å². The summed E-state index contributed by atoms with van der Waals surface area (Å²) >= 11 is 0. The van der Waals surface area contributed by atoms with Crippen LogP contribution >= 0.6 is 0 Å². The predicted molar refractivity (Wildman–Crippen MR) is 97.2 cm³/mol. The molecule has 2 aliphatic heterocycles. The van der Waals surface area contributed by atoms with E-state index in [0.717, 1.165) is 5.56 Å². The number of aliphatic hydroxyl groups is 1. The molecule has 8 heteroatoms. The molecular weight excluding hydrogens is 367 g/mol. The zero-order valence-electron chi connectivity index (χ0n) is 15.3. The molecule has 2 aromatic rings. The summed E-state index contributed by atoms with van der Waals surface area (Å²) in [5.41, 5.74) is 0.633. The monoisotopic (exact) mass is 386 g/mol. The van der Waals surface area contributed by atoms with Gasteiger partial charge in [-0.1, -0.05) is 12.1 Å². The smallest absolute Gasteiger partial charge is 0.274 e. The van der Waals surface area contributed by atoms with Crippen molar-refractivity contribution in [1.29, 1.82) is 0 Å². The lowest BCUT2D eigenvalue weighted by Gasteiger charge is -2.35. The maximum atomic E-state index is 13.2. The second-order valence-corrected chi connectivity index (χ2v) is 6.99. The van der Waals surface area contributed by atoms with E-state index in [1.807, 2.05) is 0 Å². The second kappa shape index (κ2) is 6.87. The van der Waals surface area contributed by atoms with Crippen molar-refractivity contribution in [3.63, 3.8) is 0 Å². The Labute approximate surface area is 160 Å². The van der Waals surface area contributed by atoms with Gasteiger partial charge >= 0.3 is 0 Å². The van der Waals surface area contributed by atoms with E-state index in [9.17, 15) is 23.9 Å². The van der Waals surface area contributed by atoms with E-state index in [-0.39, 0.29) is 41.3 Å². The molecule has 1 unspecified atom stereocenters. The fraction of sp³-hybridized carbons (Fsp3) is 0.350. The summed E-state index contributed by atoms with van der Waals surface area (Å²) in [4.78, 5) is 39.8. The zero-order valence-corrected chi connectivity index (χ0v) is 15.3. The van der Waals surface area contributed by atoms with E-state index in [2.05, 4.69) is 0 Å². The Morgan fingerprint density at radius 3 is 2.64 bits per heavy atom. The number of aromatic nitrogens is 1. The molecule has 146 valence electrons. The lowest BCUT2D eigenvalue weighted by molar-refractivity contribution is 0.0649. The van der Waals surface area contributed by atoms with Crippen molar-refractivity contribution in [2.24, 2.45) is 0 Å². The molecule has 0 aliphatic carbocycles. The molecule has 28 heavy (non-hydrogen) atoms. The standard InChI is InChI=1S/C20H19FN2O5/c1-28-19-17-20(27)22(8-11-2-4-12(21)5-3-11)9-13-6-7-14(23(13)17)16(18(19)26)15(25)10-24/h2-5,13,24H,6-10H2,1H3. The molecule has 2 aliphatic rings. The van der Waals surface area contributed by atoms with Gasteiger partial charge in [0, 0.05) is 18.8 Å². The minimum Gasteiger partial charge on any atom is -0.491 e. The third-order valence-electron chi connectivity index (χ3n) is 5.38. The number of ether oxygens (including phenoxy) is 1. The van der Waals surface area contributed by atoms with Gasteiger partial charge in [0.05, 0.1) is 18.7 Å². The topological polar surface area (TPSA) is 88.8 Å². The fourth-order valence-corrected chi connectivity index (χ4v) is 4.16. The average molecular weight is 386 g/mol. The highest BCUT2D eigenvalue weighted by Gasteiger charge is 2.41. The number of halogens is 1. The number of pyridine rings is 1. The Balaban J connectivity index is 1.82. The van der Waals surface area contributed by atoms with Crippen molar-refractivity contribution in [3.8, 4) is 5.75 Å². The number of carbonyl (C=O) groups is 2. The van der Waals surface area contributed by atoms with Gasteiger partial charge in [-0.2, -0.15) is 0 Å². The van der Waals surface area contributed by atoms with Crippen molar-refractivity contribution in [3.05, 3.63) is 62.8 Å². The maximum absolute atomic E-state index is 13.2. The van der Waals surface area contributed by atoms with Gasteiger partial charge in [0.1, 0.15) is 12.4 Å².